The molecule has 19 heavy (non-hydrogen) atoms. The van der Waals surface area contributed by atoms with Crippen LogP contribution in [0.5, 0.6) is 0 Å². The lowest BCUT2D eigenvalue weighted by molar-refractivity contribution is -0.137. The van der Waals surface area contributed by atoms with E-state index in [0.717, 1.165) is 4.90 Å². The van der Waals surface area contributed by atoms with Crippen LogP contribution in [0.15, 0.2) is 30.5 Å². The molecule has 2 aromatic rings. The fourth-order valence-corrected chi connectivity index (χ4v) is 1.71. The number of hydrogen-bond acceptors (Lipinski definition) is 3. The molecule has 6 heteroatoms. The van der Waals surface area contributed by atoms with Gasteiger partial charge in [-0.25, -0.2) is 4.39 Å². The summed E-state index contributed by atoms with van der Waals surface area (Å²) in [4.78, 5) is 27.6. The number of carboxylic acids is 1. The zero-order valence-electron chi connectivity index (χ0n) is 10.1. The zero-order chi connectivity index (χ0) is 14.0. The van der Waals surface area contributed by atoms with Crippen LogP contribution in [0.1, 0.15) is 10.4 Å². The number of rotatable bonds is 3. The van der Waals surface area contributed by atoms with Crippen molar-refractivity contribution in [2.24, 2.45) is 0 Å². The van der Waals surface area contributed by atoms with Crippen LogP contribution in [0.4, 0.5) is 4.39 Å². The number of benzene rings is 1. The molecule has 0 aliphatic rings. The lowest BCUT2D eigenvalue weighted by Gasteiger charge is -2.14. The summed E-state index contributed by atoms with van der Waals surface area (Å²) in [6, 6.07) is 5.57. The highest BCUT2D eigenvalue weighted by Gasteiger charge is 2.15. The summed E-state index contributed by atoms with van der Waals surface area (Å²) in [5.74, 6) is -1.99. The monoisotopic (exact) mass is 262 g/mol. The van der Waals surface area contributed by atoms with Crippen molar-refractivity contribution in [3.05, 3.63) is 41.8 Å². The number of carbonyl (C=O) groups is 2. The van der Waals surface area contributed by atoms with Crippen molar-refractivity contribution in [1.82, 2.24) is 9.88 Å². The van der Waals surface area contributed by atoms with Gasteiger partial charge in [-0.15, -0.1) is 0 Å². The highest BCUT2D eigenvalue weighted by molar-refractivity contribution is 5.98. The quantitative estimate of drug-likeness (QED) is 0.910. The molecule has 0 aliphatic carbocycles. The molecule has 0 fully saturated rings. The molecule has 1 amide bonds. The molecule has 98 valence electrons. The van der Waals surface area contributed by atoms with Gasteiger partial charge < -0.3 is 10.0 Å². The van der Waals surface area contributed by atoms with Gasteiger partial charge >= 0.3 is 5.97 Å². The Hall–Kier alpha value is -2.50. The van der Waals surface area contributed by atoms with Crippen LogP contribution in [0.2, 0.25) is 0 Å². The van der Waals surface area contributed by atoms with Crippen molar-refractivity contribution in [2.75, 3.05) is 13.6 Å². The van der Waals surface area contributed by atoms with E-state index in [4.69, 9.17) is 5.11 Å². The largest absolute Gasteiger partial charge is 0.480 e. The Balaban J connectivity index is 2.34. The van der Waals surface area contributed by atoms with Gasteiger partial charge in [0.15, 0.2) is 0 Å². The SMILES string of the molecule is CN(CC(=O)O)C(=O)c1cnc2ccc(F)cc2c1. The van der Waals surface area contributed by atoms with Gasteiger partial charge in [-0.05, 0) is 24.3 Å². The summed E-state index contributed by atoms with van der Waals surface area (Å²) in [7, 11) is 1.38. The molecule has 0 saturated carbocycles. The lowest BCUT2D eigenvalue weighted by Crippen LogP contribution is -2.31. The fourth-order valence-electron chi connectivity index (χ4n) is 1.71. The Morgan fingerprint density at radius 2 is 2.11 bits per heavy atom. The second-order valence-corrected chi connectivity index (χ2v) is 4.12. The number of aromatic nitrogens is 1. The molecule has 0 atom stereocenters. The van der Waals surface area contributed by atoms with Crippen molar-refractivity contribution in [3.63, 3.8) is 0 Å². The number of hydrogen-bond donors (Lipinski definition) is 1. The van der Waals surface area contributed by atoms with Gasteiger partial charge in [0.1, 0.15) is 12.4 Å². The Kier molecular flexibility index (Phi) is 3.41. The van der Waals surface area contributed by atoms with Crippen LogP contribution >= 0.6 is 0 Å². The molecule has 0 spiro atoms. The van der Waals surface area contributed by atoms with E-state index < -0.39 is 24.2 Å². The molecule has 1 N–H and O–H groups in total. The number of carbonyl (C=O) groups excluding carboxylic acids is 1. The topological polar surface area (TPSA) is 70.5 Å². The van der Waals surface area contributed by atoms with Crippen molar-refractivity contribution < 1.29 is 19.1 Å². The number of halogens is 1. The fraction of sp³-hybridized carbons (Fsp3) is 0.154. The molecule has 2 rings (SSSR count). The molecule has 0 bridgehead atoms. The molecule has 0 radical (unpaired) electrons. The first-order valence-corrected chi connectivity index (χ1v) is 5.50. The van der Waals surface area contributed by atoms with E-state index in [1.807, 2.05) is 0 Å². The van der Waals surface area contributed by atoms with Crippen molar-refractivity contribution in [2.45, 2.75) is 0 Å². The molecular weight excluding hydrogens is 251 g/mol. The lowest BCUT2D eigenvalue weighted by atomic mass is 10.1. The predicted molar refractivity (Wildman–Crippen MR) is 66.3 cm³/mol. The van der Waals surface area contributed by atoms with E-state index in [1.54, 1.807) is 0 Å². The Morgan fingerprint density at radius 1 is 1.37 bits per heavy atom. The Bertz CT molecular complexity index is 657. The highest BCUT2D eigenvalue weighted by Crippen LogP contribution is 2.15. The van der Waals surface area contributed by atoms with Gasteiger partial charge in [0.05, 0.1) is 11.1 Å². The van der Waals surface area contributed by atoms with E-state index in [-0.39, 0.29) is 5.56 Å². The zero-order valence-corrected chi connectivity index (χ0v) is 10.1. The molecule has 1 aromatic carbocycles. The van der Waals surface area contributed by atoms with Gasteiger partial charge in [-0.2, -0.15) is 0 Å². The number of amides is 1. The van der Waals surface area contributed by atoms with E-state index in [2.05, 4.69) is 4.98 Å². The van der Waals surface area contributed by atoms with Crippen molar-refractivity contribution in [3.8, 4) is 0 Å². The number of pyridine rings is 1. The van der Waals surface area contributed by atoms with Crippen LogP contribution in [0.3, 0.4) is 0 Å². The van der Waals surface area contributed by atoms with Crippen LogP contribution in [-0.4, -0.2) is 40.5 Å². The number of fused-ring (bicyclic) bond motifs is 1. The van der Waals surface area contributed by atoms with Crippen LogP contribution in [0.25, 0.3) is 10.9 Å². The van der Waals surface area contributed by atoms with Gasteiger partial charge in [0.2, 0.25) is 0 Å². The Morgan fingerprint density at radius 3 is 2.79 bits per heavy atom. The molecule has 1 heterocycles. The number of likely N-dealkylation sites (N-methyl/N-ethyl adjacent to an activating group) is 1. The predicted octanol–water partition coefficient (Wildman–Crippen LogP) is 1.53. The Labute approximate surface area is 108 Å². The minimum atomic E-state index is -1.10. The average Bonchev–Trinajstić information content (AvgIpc) is 2.36. The number of aliphatic carboxylic acids is 1. The summed E-state index contributed by atoms with van der Waals surface area (Å²) in [5.41, 5.74) is 0.792. The minimum Gasteiger partial charge on any atom is -0.480 e. The van der Waals surface area contributed by atoms with Gasteiger partial charge in [-0.3, -0.25) is 14.6 Å². The van der Waals surface area contributed by atoms with E-state index in [1.165, 1.54) is 37.5 Å². The normalized spacial score (nSPS) is 10.4. The number of nitrogens with zero attached hydrogens (tertiary/aromatic N) is 2. The van der Waals surface area contributed by atoms with Crippen LogP contribution in [-0.2, 0) is 4.79 Å². The van der Waals surface area contributed by atoms with Crippen LogP contribution < -0.4 is 0 Å². The van der Waals surface area contributed by atoms with E-state index in [9.17, 15) is 14.0 Å². The molecular formula is C13H11FN2O3. The summed E-state index contributed by atoms with van der Waals surface area (Å²) in [6.45, 7) is -0.403. The maximum absolute atomic E-state index is 13.1. The van der Waals surface area contributed by atoms with Gasteiger partial charge in [0, 0.05) is 18.6 Å². The van der Waals surface area contributed by atoms with Crippen molar-refractivity contribution >= 4 is 22.8 Å². The van der Waals surface area contributed by atoms with E-state index >= 15 is 0 Å². The molecule has 0 unspecified atom stereocenters. The third kappa shape index (κ3) is 2.85. The summed E-state index contributed by atoms with van der Waals surface area (Å²) < 4.78 is 13.1. The maximum atomic E-state index is 13.1. The second-order valence-electron chi connectivity index (χ2n) is 4.12. The average molecular weight is 262 g/mol. The summed E-state index contributed by atoms with van der Waals surface area (Å²) in [6.07, 6.45) is 1.35. The third-order valence-electron chi connectivity index (χ3n) is 2.61. The summed E-state index contributed by atoms with van der Waals surface area (Å²) >= 11 is 0. The summed E-state index contributed by atoms with van der Waals surface area (Å²) in [5, 5.41) is 9.12. The first-order chi connectivity index (χ1) is 8.97. The van der Waals surface area contributed by atoms with Gasteiger partial charge in [0.25, 0.3) is 5.91 Å². The van der Waals surface area contributed by atoms with Gasteiger partial charge in [-0.1, -0.05) is 0 Å². The minimum absolute atomic E-state index is 0.224. The molecule has 1 aromatic heterocycles. The van der Waals surface area contributed by atoms with E-state index in [0.29, 0.717) is 10.9 Å². The van der Waals surface area contributed by atoms with Crippen molar-refractivity contribution in [1.29, 1.82) is 0 Å². The number of carboxylic acid groups (broad SMARTS) is 1. The molecule has 0 saturated heterocycles. The molecule has 0 aliphatic heterocycles. The third-order valence-corrected chi connectivity index (χ3v) is 2.61. The van der Waals surface area contributed by atoms with Crippen LogP contribution in [0, 0.1) is 5.82 Å². The standard InChI is InChI=1S/C13H11FN2O3/c1-16(7-12(17)18)13(19)9-4-8-5-10(14)2-3-11(8)15-6-9/h2-6H,7H2,1H3,(H,17,18). The molecule has 5 nitrogen and oxygen atoms in total. The first-order valence-electron chi connectivity index (χ1n) is 5.50. The highest BCUT2D eigenvalue weighted by atomic mass is 19.1. The first kappa shape index (κ1) is 12.9. The second kappa shape index (κ2) is 5.01. The smallest absolute Gasteiger partial charge is 0.323 e. The maximum Gasteiger partial charge on any atom is 0.323 e.